The minimum atomic E-state index is 0.688. The van der Waals surface area contributed by atoms with Gasteiger partial charge < -0.3 is 24.2 Å². The molecule has 8 nitrogen and oxygen atoms in total. The average molecular weight is 294 g/mol. The molecule has 2 aliphatic heterocycles. The van der Waals surface area contributed by atoms with Crippen molar-refractivity contribution < 1.29 is 9.47 Å². The van der Waals surface area contributed by atoms with E-state index in [9.17, 15) is 0 Å². The van der Waals surface area contributed by atoms with E-state index in [1.54, 1.807) is 0 Å². The van der Waals surface area contributed by atoms with Crippen LogP contribution in [0.25, 0.3) is 0 Å². The summed E-state index contributed by atoms with van der Waals surface area (Å²) in [7, 11) is 3.89. The van der Waals surface area contributed by atoms with Crippen LogP contribution in [0, 0.1) is 0 Å². The molecule has 0 atom stereocenters. The predicted molar refractivity (Wildman–Crippen MR) is 80.2 cm³/mol. The van der Waals surface area contributed by atoms with Crippen LogP contribution in [0.15, 0.2) is 0 Å². The Kier molecular flexibility index (Phi) is 4.35. The summed E-state index contributed by atoms with van der Waals surface area (Å²) in [5.41, 5.74) is 0. The maximum Gasteiger partial charge on any atom is 0.232 e. The van der Waals surface area contributed by atoms with Crippen LogP contribution in [0.2, 0.25) is 0 Å². The normalized spacial score (nSPS) is 19.7. The van der Waals surface area contributed by atoms with E-state index < -0.39 is 0 Å². The lowest BCUT2D eigenvalue weighted by Gasteiger charge is -2.30. The van der Waals surface area contributed by atoms with E-state index in [-0.39, 0.29) is 0 Å². The first-order chi connectivity index (χ1) is 10.2. The molecule has 0 unspecified atom stereocenters. The standard InChI is InChI=1S/C13H22N6O2/c1-17(2)11-14-12(18-3-7-20-8-4-18)16-13(15-11)19-5-9-21-10-6-19/h3-10H2,1-2H3. The summed E-state index contributed by atoms with van der Waals surface area (Å²) in [6.45, 7) is 6.15. The zero-order chi connectivity index (χ0) is 14.7. The first-order valence-electron chi connectivity index (χ1n) is 7.33. The maximum absolute atomic E-state index is 5.40. The highest BCUT2D eigenvalue weighted by Crippen LogP contribution is 2.19. The number of anilines is 3. The first-order valence-corrected chi connectivity index (χ1v) is 7.33. The van der Waals surface area contributed by atoms with Crippen LogP contribution in [-0.2, 0) is 9.47 Å². The monoisotopic (exact) mass is 294 g/mol. The highest BCUT2D eigenvalue weighted by Gasteiger charge is 2.20. The number of nitrogens with zero attached hydrogens (tertiary/aromatic N) is 6. The molecular formula is C13H22N6O2. The van der Waals surface area contributed by atoms with Crippen LogP contribution in [0.1, 0.15) is 0 Å². The molecule has 1 aromatic heterocycles. The quantitative estimate of drug-likeness (QED) is 0.747. The Bertz CT molecular complexity index is 435. The predicted octanol–water partition coefficient (Wildman–Crippen LogP) is -0.389. The third kappa shape index (κ3) is 3.33. The van der Waals surface area contributed by atoms with E-state index >= 15 is 0 Å². The second-order valence-corrected chi connectivity index (χ2v) is 5.33. The van der Waals surface area contributed by atoms with Crippen molar-refractivity contribution in [3.8, 4) is 0 Å². The number of hydrogen-bond acceptors (Lipinski definition) is 8. The summed E-state index contributed by atoms with van der Waals surface area (Å²) in [5.74, 6) is 2.16. The number of aromatic nitrogens is 3. The Morgan fingerprint density at radius 3 is 1.57 bits per heavy atom. The molecule has 0 radical (unpaired) electrons. The molecular weight excluding hydrogens is 272 g/mol. The molecule has 0 bridgehead atoms. The van der Waals surface area contributed by atoms with Gasteiger partial charge >= 0.3 is 0 Å². The number of rotatable bonds is 3. The van der Waals surface area contributed by atoms with Crippen LogP contribution >= 0.6 is 0 Å². The third-order valence-electron chi connectivity index (χ3n) is 3.59. The fourth-order valence-corrected chi connectivity index (χ4v) is 2.35. The fraction of sp³-hybridized carbons (Fsp3) is 0.769. The van der Waals surface area contributed by atoms with E-state index in [1.165, 1.54) is 0 Å². The Balaban J connectivity index is 1.89. The van der Waals surface area contributed by atoms with E-state index in [0.717, 1.165) is 64.5 Å². The molecule has 2 fully saturated rings. The average Bonchev–Trinajstić information content (AvgIpc) is 2.56. The van der Waals surface area contributed by atoms with E-state index in [0.29, 0.717) is 5.95 Å². The molecule has 2 saturated heterocycles. The van der Waals surface area contributed by atoms with E-state index in [2.05, 4.69) is 24.8 Å². The van der Waals surface area contributed by atoms with E-state index in [1.807, 2.05) is 19.0 Å². The van der Waals surface area contributed by atoms with Crippen LogP contribution in [0.5, 0.6) is 0 Å². The van der Waals surface area contributed by atoms with Crippen LogP contribution in [-0.4, -0.2) is 81.7 Å². The molecule has 0 spiro atoms. The highest BCUT2D eigenvalue weighted by molar-refractivity contribution is 5.46. The molecule has 0 aliphatic carbocycles. The molecule has 0 aromatic carbocycles. The first kappa shape index (κ1) is 14.3. The molecule has 21 heavy (non-hydrogen) atoms. The maximum atomic E-state index is 5.40. The zero-order valence-electron chi connectivity index (χ0n) is 12.7. The molecule has 3 rings (SSSR count). The summed E-state index contributed by atoms with van der Waals surface area (Å²) < 4.78 is 10.8. The summed E-state index contributed by atoms with van der Waals surface area (Å²) in [4.78, 5) is 20.0. The second kappa shape index (κ2) is 6.40. The van der Waals surface area contributed by atoms with Gasteiger partial charge in [-0.25, -0.2) is 0 Å². The van der Waals surface area contributed by atoms with Gasteiger partial charge in [-0.1, -0.05) is 0 Å². The van der Waals surface area contributed by atoms with Crippen molar-refractivity contribution in [1.82, 2.24) is 15.0 Å². The van der Waals surface area contributed by atoms with Crippen molar-refractivity contribution >= 4 is 17.8 Å². The third-order valence-corrected chi connectivity index (χ3v) is 3.59. The topological polar surface area (TPSA) is 66.9 Å². The zero-order valence-corrected chi connectivity index (χ0v) is 12.7. The molecule has 2 aliphatic rings. The number of ether oxygens (including phenoxy) is 2. The molecule has 8 heteroatoms. The van der Waals surface area contributed by atoms with Gasteiger partial charge in [-0.05, 0) is 0 Å². The summed E-state index contributed by atoms with van der Waals surface area (Å²) >= 11 is 0. The van der Waals surface area contributed by atoms with Crippen LogP contribution < -0.4 is 14.7 Å². The lowest BCUT2D eigenvalue weighted by molar-refractivity contribution is 0.121. The van der Waals surface area contributed by atoms with Crippen molar-refractivity contribution in [3.63, 3.8) is 0 Å². The molecule has 1 aromatic rings. The Hall–Kier alpha value is -1.67. The lowest BCUT2D eigenvalue weighted by atomic mass is 10.4. The summed E-state index contributed by atoms with van der Waals surface area (Å²) in [6.07, 6.45) is 0. The van der Waals surface area contributed by atoms with Crippen molar-refractivity contribution in [3.05, 3.63) is 0 Å². The van der Waals surface area contributed by atoms with Crippen molar-refractivity contribution in [2.75, 3.05) is 81.4 Å². The Morgan fingerprint density at radius 2 is 1.19 bits per heavy atom. The van der Waals surface area contributed by atoms with Gasteiger partial charge in [0.15, 0.2) is 0 Å². The number of morpholine rings is 2. The van der Waals surface area contributed by atoms with Crippen LogP contribution in [0.3, 0.4) is 0 Å². The van der Waals surface area contributed by atoms with Crippen LogP contribution in [0.4, 0.5) is 17.8 Å². The van der Waals surface area contributed by atoms with Gasteiger partial charge in [-0.2, -0.15) is 15.0 Å². The lowest BCUT2D eigenvalue weighted by Crippen LogP contribution is -2.40. The van der Waals surface area contributed by atoms with Gasteiger partial charge in [-0.3, -0.25) is 0 Å². The largest absolute Gasteiger partial charge is 0.378 e. The van der Waals surface area contributed by atoms with Gasteiger partial charge in [0.1, 0.15) is 0 Å². The molecule has 0 amide bonds. The second-order valence-electron chi connectivity index (χ2n) is 5.33. The molecule has 116 valence electrons. The highest BCUT2D eigenvalue weighted by atomic mass is 16.5. The summed E-state index contributed by atoms with van der Waals surface area (Å²) in [6, 6.07) is 0. The Morgan fingerprint density at radius 1 is 0.762 bits per heavy atom. The van der Waals surface area contributed by atoms with Crippen molar-refractivity contribution in [2.45, 2.75) is 0 Å². The molecule has 0 N–H and O–H groups in total. The van der Waals surface area contributed by atoms with E-state index in [4.69, 9.17) is 9.47 Å². The fourth-order valence-electron chi connectivity index (χ4n) is 2.35. The molecule has 0 saturated carbocycles. The molecule has 3 heterocycles. The Labute approximate surface area is 124 Å². The summed E-state index contributed by atoms with van der Waals surface area (Å²) in [5, 5.41) is 0. The van der Waals surface area contributed by atoms with Gasteiger partial charge in [0.25, 0.3) is 0 Å². The SMILES string of the molecule is CN(C)c1nc(N2CCOCC2)nc(N2CCOCC2)n1. The van der Waals surface area contributed by atoms with Crippen molar-refractivity contribution in [1.29, 1.82) is 0 Å². The van der Waals surface area contributed by atoms with Gasteiger partial charge in [0.2, 0.25) is 17.8 Å². The van der Waals surface area contributed by atoms with Gasteiger partial charge in [0.05, 0.1) is 26.4 Å². The number of hydrogen-bond donors (Lipinski definition) is 0. The van der Waals surface area contributed by atoms with Gasteiger partial charge in [0, 0.05) is 40.3 Å². The minimum Gasteiger partial charge on any atom is -0.378 e. The smallest absolute Gasteiger partial charge is 0.232 e. The van der Waals surface area contributed by atoms with Crippen molar-refractivity contribution in [2.24, 2.45) is 0 Å². The van der Waals surface area contributed by atoms with Gasteiger partial charge in [-0.15, -0.1) is 0 Å². The minimum absolute atomic E-state index is 0.688.